The largest absolute Gasteiger partial charge is 0.455 e. The predicted molar refractivity (Wildman–Crippen MR) is 93.1 cm³/mol. The molecule has 0 saturated heterocycles. The summed E-state index contributed by atoms with van der Waals surface area (Å²) < 4.78 is 106. The van der Waals surface area contributed by atoms with Crippen molar-refractivity contribution >= 4 is 21.5 Å². The number of hydrogen-bond acceptors (Lipinski definition) is 4. The molecule has 1 N–H and O–H groups in total. The Bertz CT molecular complexity index is 1240. The summed E-state index contributed by atoms with van der Waals surface area (Å²) in [6.45, 7) is -0.791. The second-order valence-electron chi connectivity index (χ2n) is 6.83. The van der Waals surface area contributed by atoms with Crippen LogP contribution in [-0.4, -0.2) is 56.6 Å². The SMILES string of the molecule is [B]C([B])(O)n1c(C)cn2c(=O)c(-c3cnn(CC(F)(F)C(F)(F)F)c3)c(C(F)(F)F)nc12. The minimum atomic E-state index is -5.93. The molecular weight excluding hydrogens is 456 g/mol. The third-order valence-electron chi connectivity index (χ3n) is 4.29. The number of fused-ring (bicyclic) bond motifs is 1. The van der Waals surface area contributed by atoms with Gasteiger partial charge in [0, 0.05) is 23.7 Å². The first-order valence-corrected chi connectivity index (χ1v) is 8.34. The Labute approximate surface area is 175 Å². The molecule has 3 heterocycles. The van der Waals surface area contributed by atoms with Gasteiger partial charge < -0.3 is 9.67 Å². The predicted octanol–water partition coefficient (Wildman–Crippen LogP) is 1.78. The molecule has 3 aromatic heterocycles. The highest BCUT2D eigenvalue weighted by Gasteiger charge is 2.57. The first-order chi connectivity index (χ1) is 14.3. The lowest BCUT2D eigenvalue weighted by atomic mass is 9.73. The molecule has 32 heavy (non-hydrogen) atoms. The fraction of sp³-hybridized carbons (Fsp3) is 0.400. The van der Waals surface area contributed by atoms with Crippen LogP contribution in [0, 0.1) is 6.92 Å². The summed E-state index contributed by atoms with van der Waals surface area (Å²) in [5.74, 6) is -6.03. The van der Waals surface area contributed by atoms with Gasteiger partial charge in [-0.2, -0.15) is 40.2 Å². The zero-order valence-electron chi connectivity index (χ0n) is 15.7. The van der Waals surface area contributed by atoms with Crippen molar-refractivity contribution in [1.29, 1.82) is 0 Å². The van der Waals surface area contributed by atoms with Crippen LogP contribution in [0.4, 0.5) is 35.1 Å². The Hall–Kier alpha value is -2.84. The Morgan fingerprint density at radius 3 is 2.16 bits per heavy atom. The number of imidazole rings is 1. The lowest BCUT2D eigenvalue weighted by Gasteiger charge is -2.23. The molecule has 3 aromatic rings. The van der Waals surface area contributed by atoms with Crippen molar-refractivity contribution in [2.45, 2.75) is 37.3 Å². The monoisotopic (exact) mass is 465 g/mol. The van der Waals surface area contributed by atoms with Crippen molar-refractivity contribution in [3.63, 3.8) is 0 Å². The van der Waals surface area contributed by atoms with Gasteiger partial charge in [-0.05, 0) is 6.92 Å². The molecule has 0 fully saturated rings. The van der Waals surface area contributed by atoms with E-state index in [9.17, 15) is 45.0 Å². The van der Waals surface area contributed by atoms with Crippen molar-refractivity contribution in [1.82, 2.24) is 23.7 Å². The molecule has 0 aliphatic heterocycles. The van der Waals surface area contributed by atoms with Gasteiger partial charge in [0.15, 0.2) is 5.69 Å². The van der Waals surface area contributed by atoms with E-state index in [1.807, 2.05) is 0 Å². The molecule has 168 valence electrons. The van der Waals surface area contributed by atoms with Gasteiger partial charge in [-0.1, -0.05) is 0 Å². The van der Waals surface area contributed by atoms with E-state index in [0.717, 1.165) is 6.20 Å². The highest BCUT2D eigenvalue weighted by Crippen LogP contribution is 2.38. The van der Waals surface area contributed by atoms with Crippen LogP contribution in [-0.2, 0) is 18.2 Å². The van der Waals surface area contributed by atoms with Crippen LogP contribution in [0.15, 0.2) is 23.4 Å². The van der Waals surface area contributed by atoms with Gasteiger partial charge in [0.1, 0.15) is 22.2 Å². The molecule has 0 amide bonds. The van der Waals surface area contributed by atoms with Gasteiger partial charge >= 0.3 is 18.3 Å². The number of alkyl halides is 8. The fourth-order valence-corrected chi connectivity index (χ4v) is 2.98. The van der Waals surface area contributed by atoms with Crippen LogP contribution in [0.2, 0.25) is 0 Å². The quantitative estimate of drug-likeness (QED) is 0.472. The van der Waals surface area contributed by atoms with E-state index in [1.165, 1.54) is 6.92 Å². The van der Waals surface area contributed by atoms with E-state index in [2.05, 4.69) is 10.1 Å². The first-order valence-electron chi connectivity index (χ1n) is 8.34. The second kappa shape index (κ2) is 7.08. The second-order valence-corrected chi connectivity index (χ2v) is 6.83. The molecule has 7 nitrogen and oxygen atoms in total. The standard InChI is InChI=1S/C15H9B2F8N5O2/c1-6-3-29-10(31)8(7-2-26-28(4-7)5-12(18,19)14(23,24)25)9(13(20,21)22)27-11(29)30(6)15(16,17)32/h2-4,32H,5H2,1H3. The maximum Gasteiger partial charge on any atom is 0.455 e. The lowest BCUT2D eigenvalue weighted by Crippen LogP contribution is -2.40. The van der Waals surface area contributed by atoms with E-state index >= 15 is 0 Å². The van der Waals surface area contributed by atoms with E-state index in [-0.39, 0.29) is 10.4 Å². The summed E-state index contributed by atoms with van der Waals surface area (Å²) in [5.41, 5.74) is -7.93. The Morgan fingerprint density at radius 1 is 1.06 bits per heavy atom. The van der Waals surface area contributed by atoms with Gasteiger partial charge in [-0.25, -0.2) is 4.98 Å². The normalized spacial score (nSPS) is 13.8. The Kier molecular flexibility index (Phi) is 5.27. The van der Waals surface area contributed by atoms with Crippen LogP contribution in [0.3, 0.4) is 0 Å². The number of hydrogen-bond donors (Lipinski definition) is 1. The van der Waals surface area contributed by atoms with Crippen molar-refractivity contribution < 1.29 is 40.2 Å². The zero-order valence-corrected chi connectivity index (χ0v) is 15.7. The number of rotatable bonds is 4. The Morgan fingerprint density at radius 2 is 1.66 bits per heavy atom. The van der Waals surface area contributed by atoms with Gasteiger partial charge in [0.05, 0.1) is 17.3 Å². The highest BCUT2D eigenvalue weighted by molar-refractivity contribution is 6.36. The molecule has 0 unspecified atom stereocenters. The summed E-state index contributed by atoms with van der Waals surface area (Å²) in [7, 11) is 10.6. The minimum absolute atomic E-state index is 0.0478. The van der Waals surface area contributed by atoms with Gasteiger partial charge in [0.25, 0.3) is 5.56 Å². The number of aryl methyl sites for hydroxylation is 1. The number of nitrogens with zero attached hydrogens (tertiary/aromatic N) is 5. The van der Waals surface area contributed by atoms with Gasteiger partial charge in [-0.3, -0.25) is 13.9 Å². The van der Waals surface area contributed by atoms with Gasteiger partial charge in [-0.15, -0.1) is 0 Å². The average Bonchev–Trinajstić information content (AvgIpc) is 3.15. The summed E-state index contributed by atoms with van der Waals surface area (Å²) >= 11 is 0. The topological polar surface area (TPSA) is 77.4 Å². The molecule has 3 rings (SSSR count). The van der Waals surface area contributed by atoms with Crippen molar-refractivity contribution in [3.05, 3.63) is 40.3 Å². The molecule has 0 saturated carbocycles. The van der Waals surface area contributed by atoms with Crippen LogP contribution in [0.25, 0.3) is 16.9 Å². The van der Waals surface area contributed by atoms with E-state index in [0.29, 0.717) is 21.4 Å². The lowest BCUT2D eigenvalue weighted by molar-refractivity contribution is -0.287. The maximum absolute atomic E-state index is 13.7. The number of halogens is 8. The van der Waals surface area contributed by atoms with Crippen molar-refractivity contribution in [2.75, 3.05) is 0 Å². The van der Waals surface area contributed by atoms with Crippen LogP contribution < -0.4 is 5.56 Å². The third-order valence-corrected chi connectivity index (χ3v) is 4.29. The molecule has 4 radical (unpaired) electrons. The van der Waals surface area contributed by atoms with E-state index < -0.39 is 58.5 Å². The van der Waals surface area contributed by atoms with Crippen LogP contribution in [0.5, 0.6) is 0 Å². The molecule has 17 heteroatoms. The average molecular weight is 465 g/mol. The molecular formula is C15H9B2F8N5O2. The van der Waals surface area contributed by atoms with Gasteiger partial charge in [0.2, 0.25) is 5.78 Å². The maximum atomic E-state index is 13.7. The summed E-state index contributed by atoms with van der Waals surface area (Å²) in [6.07, 6.45) is -9.34. The molecule has 0 aromatic carbocycles. The summed E-state index contributed by atoms with van der Waals surface area (Å²) in [5, 5.41) is 13.0. The molecule has 0 bridgehead atoms. The molecule has 0 atom stereocenters. The summed E-state index contributed by atoms with van der Waals surface area (Å²) in [6, 6.07) is 0. The molecule has 0 aliphatic rings. The Balaban J connectivity index is 2.25. The smallest absolute Gasteiger partial charge is 0.389 e. The number of aromatic nitrogens is 5. The molecule has 0 spiro atoms. The minimum Gasteiger partial charge on any atom is -0.389 e. The zero-order chi connectivity index (χ0) is 24.4. The highest BCUT2D eigenvalue weighted by atomic mass is 19.4. The van der Waals surface area contributed by atoms with Crippen LogP contribution in [0.1, 0.15) is 11.4 Å². The first kappa shape index (κ1) is 23.8. The molecule has 0 aliphatic carbocycles. The fourth-order valence-electron chi connectivity index (χ4n) is 2.98. The number of aliphatic hydroxyl groups is 1. The van der Waals surface area contributed by atoms with E-state index in [1.54, 1.807) is 0 Å². The van der Waals surface area contributed by atoms with Crippen molar-refractivity contribution in [2.24, 2.45) is 0 Å². The third kappa shape index (κ3) is 4.00. The van der Waals surface area contributed by atoms with Crippen molar-refractivity contribution in [3.8, 4) is 11.1 Å². The van der Waals surface area contributed by atoms with Crippen LogP contribution >= 0.6 is 0 Å². The summed E-state index contributed by atoms with van der Waals surface area (Å²) in [4.78, 5) is 16.1. The van der Waals surface area contributed by atoms with E-state index in [4.69, 9.17) is 15.7 Å².